The first-order chi connectivity index (χ1) is 12.0. The molecule has 1 aromatic carbocycles. The maximum atomic E-state index is 14.4. The minimum atomic E-state index is -2.83. The molecule has 0 bridgehead atoms. The van der Waals surface area contributed by atoms with Gasteiger partial charge in [0.05, 0.1) is 13.1 Å². The van der Waals surface area contributed by atoms with Crippen LogP contribution >= 0.6 is 0 Å². The Morgan fingerprint density at radius 1 is 1.28 bits per heavy atom. The monoisotopic (exact) mass is 355 g/mol. The number of ether oxygens (including phenoxy) is 1. The van der Waals surface area contributed by atoms with Crippen LogP contribution < -0.4 is 9.64 Å². The van der Waals surface area contributed by atoms with E-state index in [9.17, 15) is 13.2 Å². The molecule has 1 unspecified atom stereocenters. The number of halogens is 3. The highest BCUT2D eigenvalue weighted by atomic mass is 19.3. The van der Waals surface area contributed by atoms with E-state index in [4.69, 9.17) is 0 Å². The first-order valence-corrected chi connectivity index (χ1v) is 8.23. The maximum Gasteiger partial charge on any atom is 0.387 e. The summed E-state index contributed by atoms with van der Waals surface area (Å²) in [5, 5.41) is 11.7. The van der Waals surface area contributed by atoms with Crippen molar-refractivity contribution in [3.05, 3.63) is 29.8 Å². The molecule has 1 aliphatic heterocycles. The summed E-state index contributed by atoms with van der Waals surface area (Å²) in [7, 11) is 0. The van der Waals surface area contributed by atoms with Crippen molar-refractivity contribution in [1.29, 1.82) is 0 Å². The third-order valence-electron chi connectivity index (χ3n) is 4.49. The number of tetrazole rings is 1. The van der Waals surface area contributed by atoms with Gasteiger partial charge in [-0.1, -0.05) is 24.2 Å². The molecule has 1 fully saturated rings. The van der Waals surface area contributed by atoms with Crippen LogP contribution in [-0.4, -0.2) is 45.6 Å². The van der Waals surface area contributed by atoms with Gasteiger partial charge >= 0.3 is 6.61 Å². The van der Waals surface area contributed by atoms with Gasteiger partial charge in [0, 0.05) is 13.0 Å². The zero-order valence-electron chi connectivity index (χ0n) is 13.9. The second kappa shape index (κ2) is 7.28. The lowest BCUT2D eigenvalue weighted by atomic mass is 10.0. The van der Waals surface area contributed by atoms with Crippen LogP contribution in [0.3, 0.4) is 0 Å². The molecule has 9 heteroatoms. The van der Waals surface area contributed by atoms with Crippen LogP contribution in [0.25, 0.3) is 0 Å². The van der Waals surface area contributed by atoms with Crippen molar-refractivity contribution in [3.63, 3.8) is 0 Å². The highest BCUT2D eigenvalue weighted by molar-refractivity contribution is 5.32. The summed E-state index contributed by atoms with van der Waals surface area (Å²) in [6.45, 7) is 0.405. The topological polar surface area (TPSA) is 56.1 Å². The first kappa shape index (κ1) is 17.5. The molecule has 0 N–H and O–H groups in total. The Bertz CT molecular complexity index is 693. The highest BCUT2D eigenvalue weighted by Gasteiger charge is 2.38. The molecular formula is C16H20F3N5O. The van der Waals surface area contributed by atoms with Gasteiger partial charge < -0.3 is 9.64 Å². The Kier molecular flexibility index (Phi) is 5.10. The Labute approximate surface area is 143 Å². The van der Waals surface area contributed by atoms with Crippen molar-refractivity contribution in [2.45, 2.75) is 45.0 Å². The fourth-order valence-electron chi connectivity index (χ4n) is 2.94. The van der Waals surface area contributed by atoms with Crippen LogP contribution in [0.5, 0.6) is 5.75 Å². The van der Waals surface area contributed by atoms with Gasteiger partial charge in [0.25, 0.3) is 0 Å². The number of nitrogens with zero attached hydrogens (tertiary/aromatic N) is 5. The molecule has 1 atom stereocenters. The van der Waals surface area contributed by atoms with Crippen molar-refractivity contribution >= 4 is 5.95 Å². The summed E-state index contributed by atoms with van der Waals surface area (Å²) in [4.78, 5) is 1.86. The van der Waals surface area contributed by atoms with Gasteiger partial charge in [0.15, 0.2) is 0 Å². The fraction of sp³-hybridized carbons (Fsp3) is 0.562. The van der Waals surface area contributed by atoms with Crippen molar-refractivity contribution in [2.24, 2.45) is 0 Å². The predicted octanol–water partition coefficient (Wildman–Crippen LogP) is 2.85. The molecule has 136 valence electrons. The third-order valence-corrected chi connectivity index (χ3v) is 4.49. The van der Waals surface area contributed by atoms with E-state index in [-0.39, 0.29) is 5.75 Å². The van der Waals surface area contributed by atoms with E-state index < -0.39 is 12.3 Å². The van der Waals surface area contributed by atoms with Crippen LogP contribution in [0.2, 0.25) is 0 Å². The summed E-state index contributed by atoms with van der Waals surface area (Å²) >= 11 is 0. The molecule has 0 aliphatic carbocycles. The van der Waals surface area contributed by atoms with Gasteiger partial charge in [-0.25, -0.2) is 9.07 Å². The molecule has 2 heterocycles. The van der Waals surface area contributed by atoms with Gasteiger partial charge in [-0.3, -0.25) is 0 Å². The lowest BCUT2D eigenvalue weighted by molar-refractivity contribution is -0.0498. The second-order valence-corrected chi connectivity index (χ2v) is 6.15. The van der Waals surface area contributed by atoms with Gasteiger partial charge in [-0.05, 0) is 41.0 Å². The normalized spacial score (nSPS) is 20.4. The Morgan fingerprint density at radius 3 is 2.68 bits per heavy atom. The quantitative estimate of drug-likeness (QED) is 0.764. The Hall–Kier alpha value is -2.32. The summed E-state index contributed by atoms with van der Waals surface area (Å²) in [5.74, 6) is 0.684. The standard InChI is InChI=1S/C16H20F3N5O/c1-2-16(19)8-10-23(11-16)15-20-21-22-24(15)9-7-12-3-5-13(6-4-12)25-14(17)18/h3-6,14H,2,7-11H2,1H3. The van der Waals surface area contributed by atoms with Crippen molar-refractivity contribution in [2.75, 3.05) is 18.0 Å². The lowest BCUT2D eigenvalue weighted by Crippen LogP contribution is -2.30. The number of aromatic nitrogens is 4. The number of aryl methyl sites for hydroxylation is 2. The number of alkyl halides is 3. The van der Waals surface area contributed by atoms with Crippen LogP contribution in [0.1, 0.15) is 25.3 Å². The van der Waals surface area contributed by atoms with E-state index in [2.05, 4.69) is 20.3 Å². The molecule has 0 radical (unpaired) electrons. The number of anilines is 1. The van der Waals surface area contributed by atoms with E-state index in [0.717, 1.165) is 5.56 Å². The molecule has 0 spiro atoms. The zero-order valence-corrected chi connectivity index (χ0v) is 13.9. The van der Waals surface area contributed by atoms with Crippen LogP contribution in [0.4, 0.5) is 19.1 Å². The smallest absolute Gasteiger partial charge is 0.387 e. The average molecular weight is 355 g/mol. The van der Waals surface area contributed by atoms with E-state index in [0.29, 0.717) is 44.8 Å². The molecule has 25 heavy (non-hydrogen) atoms. The minimum Gasteiger partial charge on any atom is -0.435 e. The molecule has 1 aliphatic rings. The van der Waals surface area contributed by atoms with Crippen molar-refractivity contribution in [1.82, 2.24) is 20.2 Å². The number of hydrogen-bond acceptors (Lipinski definition) is 5. The Balaban J connectivity index is 1.60. The first-order valence-electron chi connectivity index (χ1n) is 8.23. The molecular weight excluding hydrogens is 335 g/mol. The molecule has 0 amide bonds. The second-order valence-electron chi connectivity index (χ2n) is 6.15. The number of hydrogen-bond donors (Lipinski definition) is 0. The summed E-state index contributed by atoms with van der Waals surface area (Å²) in [6.07, 6.45) is 1.56. The van der Waals surface area contributed by atoms with Gasteiger partial charge in [-0.15, -0.1) is 0 Å². The van der Waals surface area contributed by atoms with Crippen molar-refractivity contribution in [3.8, 4) is 5.75 Å². The largest absolute Gasteiger partial charge is 0.435 e. The number of rotatable bonds is 7. The van der Waals surface area contributed by atoms with Crippen LogP contribution in [-0.2, 0) is 13.0 Å². The van der Waals surface area contributed by atoms with E-state index in [1.54, 1.807) is 16.8 Å². The molecule has 0 saturated carbocycles. The molecule has 3 rings (SSSR count). The summed E-state index contributed by atoms with van der Waals surface area (Å²) in [5.41, 5.74) is -0.241. The zero-order chi connectivity index (χ0) is 17.9. The third kappa shape index (κ3) is 4.21. The van der Waals surface area contributed by atoms with Gasteiger partial charge in [0.2, 0.25) is 5.95 Å². The SMILES string of the molecule is CCC1(F)CCN(c2nnnn2CCc2ccc(OC(F)F)cc2)C1. The fourth-order valence-corrected chi connectivity index (χ4v) is 2.94. The average Bonchev–Trinajstić information content (AvgIpc) is 3.21. The van der Waals surface area contributed by atoms with Crippen molar-refractivity contribution < 1.29 is 17.9 Å². The minimum absolute atomic E-state index is 0.123. The maximum absolute atomic E-state index is 14.4. The van der Waals surface area contributed by atoms with Gasteiger partial charge in [-0.2, -0.15) is 8.78 Å². The molecule has 1 aromatic heterocycles. The van der Waals surface area contributed by atoms with Gasteiger partial charge in [0.1, 0.15) is 11.4 Å². The number of benzene rings is 1. The molecule has 2 aromatic rings. The van der Waals surface area contributed by atoms with Crippen LogP contribution in [0.15, 0.2) is 24.3 Å². The molecule has 6 nitrogen and oxygen atoms in total. The van der Waals surface area contributed by atoms with E-state index in [1.807, 2.05) is 11.8 Å². The van der Waals surface area contributed by atoms with E-state index >= 15 is 0 Å². The van der Waals surface area contributed by atoms with E-state index in [1.165, 1.54) is 12.1 Å². The van der Waals surface area contributed by atoms with Crippen LogP contribution in [0, 0.1) is 0 Å². The predicted molar refractivity (Wildman–Crippen MR) is 85.6 cm³/mol. The lowest BCUT2D eigenvalue weighted by Gasteiger charge is -2.19. The molecule has 1 saturated heterocycles. The summed E-state index contributed by atoms with van der Waals surface area (Å²) in [6, 6.07) is 6.45. The summed E-state index contributed by atoms with van der Waals surface area (Å²) < 4.78 is 44.7. The highest BCUT2D eigenvalue weighted by Crippen LogP contribution is 2.31. The Morgan fingerprint density at radius 2 is 2.04 bits per heavy atom.